The van der Waals surface area contributed by atoms with Gasteiger partial charge in [0.25, 0.3) is 5.91 Å². The first-order chi connectivity index (χ1) is 10.1. The monoisotopic (exact) mass is 304 g/mol. The van der Waals surface area contributed by atoms with Gasteiger partial charge in [0.2, 0.25) is 0 Å². The van der Waals surface area contributed by atoms with E-state index in [0.29, 0.717) is 17.4 Å². The zero-order valence-electron chi connectivity index (χ0n) is 11.6. The zero-order valence-corrected chi connectivity index (χ0v) is 12.4. The summed E-state index contributed by atoms with van der Waals surface area (Å²) in [5.74, 6) is -0.216. The average Bonchev–Trinajstić information content (AvgIpc) is 3.25. The quantitative estimate of drug-likeness (QED) is 0.835. The minimum atomic E-state index is -0.216. The molecular formula is C16H17ClN2O2. The maximum atomic E-state index is 12.2. The van der Waals surface area contributed by atoms with Gasteiger partial charge in [0.05, 0.1) is 0 Å². The third kappa shape index (κ3) is 3.01. The normalized spacial score (nSPS) is 15.9. The number of halogens is 1. The number of rotatable bonds is 5. The lowest BCUT2D eigenvalue weighted by atomic mass is 10.0. The van der Waals surface area contributed by atoms with Gasteiger partial charge in [-0.15, -0.1) is 0 Å². The Morgan fingerprint density at radius 3 is 2.86 bits per heavy atom. The summed E-state index contributed by atoms with van der Waals surface area (Å²) in [6.07, 6.45) is 2.85. The maximum absolute atomic E-state index is 12.2. The van der Waals surface area contributed by atoms with Crippen LogP contribution in [0.4, 0.5) is 0 Å². The Hall–Kier alpha value is -1.65. The van der Waals surface area contributed by atoms with Crippen molar-refractivity contribution in [2.75, 3.05) is 13.2 Å². The Balaban J connectivity index is 1.76. The Morgan fingerprint density at radius 2 is 2.14 bits per heavy atom. The summed E-state index contributed by atoms with van der Waals surface area (Å²) < 4.78 is 0. The molecule has 0 aliphatic heterocycles. The molecular weight excluding hydrogens is 288 g/mol. The fourth-order valence-electron chi connectivity index (χ4n) is 2.56. The fourth-order valence-corrected chi connectivity index (χ4v) is 2.82. The number of benzene rings is 1. The number of aliphatic hydroxyl groups excluding tert-OH is 1. The Labute approximate surface area is 128 Å². The molecule has 21 heavy (non-hydrogen) atoms. The lowest BCUT2D eigenvalue weighted by Gasteiger charge is -2.14. The van der Waals surface area contributed by atoms with Gasteiger partial charge in [-0.05, 0) is 36.1 Å². The Morgan fingerprint density at radius 1 is 1.38 bits per heavy atom. The van der Waals surface area contributed by atoms with E-state index < -0.39 is 0 Å². The second-order valence-corrected chi connectivity index (χ2v) is 6.03. The molecule has 0 atom stereocenters. The van der Waals surface area contributed by atoms with Crippen molar-refractivity contribution in [1.29, 1.82) is 0 Å². The number of hydrogen-bond acceptors (Lipinski definition) is 3. The van der Waals surface area contributed by atoms with E-state index >= 15 is 0 Å². The second-order valence-electron chi connectivity index (χ2n) is 5.68. The number of fused-ring (bicyclic) bond motifs is 1. The third-order valence-electron chi connectivity index (χ3n) is 4.15. The van der Waals surface area contributed by atoms with Crippen LogP contribution in [0.2, 0.25) is 5.15 Å². The van der Waals surface area contributed by atoms with Crippen LogP contribution in [-0.2, 0) is 0 Å². The van der Waals surface area contributed by atoms with E-state index in [2.05, 4.69) is 10.3 Å². The number of nitrogens with one attached hydrogen (secondary N) is 1. The van der Waals surface area contributed by atoms with Crippen LogP contribution in [0.1, 0.15) is 29.8 Å². The smallest absolute Gasteiger partial charge is 0.269 e. The fraction of sp³-hybridized carbons (Fsp3) is 0.375. The summed E-state index contributed by atoms with van der Waals surface area (Å²) in [6, 6.07) is 9.34. The molecule has 0 radical (unpaired) electrons. The van der Waals surface area contributed by atoms with Gasteiger partial charge in [-0.3, -0.25) is 4.79 Å². The number of hydrogen-bond donors (Lipinski definition) is 2. The highest BCUT2D eigenvalue weighted by molar-refractivity contribution is 6.34. The van der Waals surface area contributed by atoms with Crippen molar-refractivity contribution < 1.29 is 9.90 Å². The van der Waals surface area contributed by atoms with Crippen molar-refractivity contribution in [3.63, 3.8) is 0 Å². The van der Waals surface area contributed by atoms with Crippen molar-refractivity contribution >= 4 is 28.3 Å². The van der Waals surface area contributed by atoms with Crippen molar-refractivity contribution in [2.24, 2.45) is 5.41 Å². The molecule has 1 aliphatic rings. The number of carbonyl (C=O) groups excluding carboxylic acids is 1. The van der Waals surface area contributed by atoms with E-state index in [1.807, 2.05) is 24.3 Å². The van der Waals surface area contributed by atoms with Crippen LogP contribution in [0.5, 0.6) is 0 Å². The standard InChI is InChI=1S/C16H17ClN2O2/c17-14-12-4-2-1-3-11(12)9-13(19-14)15(21)18-10-16(5-6-16)7-8-20/h1-4,9,20H,5-8,10H2,(H,18,21). The number of pyridine rings is 1. The topological polar surface area (TPSA) is 62.2 Å². The molecule has 0 bridgehead atoms. The molecule has 110 valence electrons. The van der Waals surface area contributed by atoms with Crippen LogP contribution in [-0.4, -0.2) is 29.1 Å². The number of aliphatic hydroxyl groups is 1. The highest BCUT2D eigenvalue weighted by atomic mass is 35.5. The van der Waals surface area contributed by atoms with Crippen LogP contribution in [0, 0.1) is 5.41 Å². The summed E-state index contributed by atoms with van der Waals surface area (Å²) in [6.45, 7) is 0.744. The number of carbonyl (C=O) groups is 1. The SMILES string of the molecule is O=C(NCC1(CCO)CC1)c1cc2ccccc2c(Cl)n1. The summed E-state index contributed by atoms with van der Waals surface area (Å²) >= 11 is 6.13. The molecule has 1 aliphatic carbocycles. The molecule has 4 nitrogen and oxygen atoms in total. The first kappa shape index (κ1) is 14.3. The lowest BCUT2D eigenvalue weighted by Crippen LogP contribution is -2.31. The molecule has 3 rings (SSSR count). The number of amides is 1. The summed E-state index contributed by atoms with van der Waals surface area (Å²) in [7, 11) is 0. The maximum Gasteiger partial charge on any atom is 0.269 e. The first-order valence-electron chi connectivity index (χ1n) is 7.08. The summed E-state index contributed by atoms with van der Waals surface area (Å²) in [5.41, 5.74) is 0.420. The molecule has 1 heterocycles. The van der Waals surface area contributed by atoms with E-state index in [0.717, 1.165) is 30.0 Å². The van der Waals surface area contributed by atoms with Crippen LogP contribution < -0.4 is 5.32 Å². The number of nitrogens with zero attached hydrogens (tertiary/aromatic N) is 1. The Kier molecular flexibility index (Phi) is 3.83. The van der Waals surface area contributed by atoms with Gasteiger partial charge in [-0.25, -0.2) is 4.98 Å². The van der Waals surface area contributed by atoms with Gasteiger partial charge >= 0.3 is 0 Å². The number of aromatic nitrogens is 1. The molecule has 0 unspecified atom stereocenters. The van der Waals surface area contributed by atoms with Crippen LogP contribution >= 0.6 is 11.6 Å². The predicted molar refractivity (Wildman–Crippen MR) is 82.5 cm³/mol. The van der Waals surface area contributed by atoms with Gasteiger partial charge in [0.1, 0.15) is 10.8 Å². The predicted octanol–water partition coefficient (Wildman–Crippen LogP) is 2.78. The van der Waals surface area contributed by atoms with Gasteiger partial charge < -0.3 is 10.4 Å². The molecule has 1 saturated carbocycles. The Bertz CT molecular complexity index is 683. The van der Waals surface area contributed by atoms with Gasteiger partial charge in [-0.1, -0.05) is 35.9 Å². The first-order valence-corrected chi connectivity index (χ1v) is 7.46. The van der Waals surface area contributed by atoms with E-state index in [4.69, 9.17) is 16.7 Å². The summed E-state index contributed by atoms with van der Waals surface area (Å²) in [5, 5.41) is 14.0. The summed E-state index contributed by atoms with van der Waals surface area (Å²) in [4.78, 5) is 16.4. The van der Waals surface area contributed by atoms with Crippen molar-refractivity contribution in [1.82, 2.24) is 10.3 Å². The minimum Gasteiger partial charge on any atom is -0.396 e. The third-order valence-corrected chi connectivity index (χ3v) is 4.44. The second kappa shape index (κ2) is 5.62. The highest BCUT2D eigenvalue weighted by Gasteiger charge is 2.41. The van der Waals surface area contributed by atoms with Crippen LogP contribution in [0.3, 0.4) is 0 Å². The lowest BCUT2D eigenvalue weighted by molar-refractivity contribution is 0.0936. The zero-order chi connectivity index (χ0) is 14.9. The van der Waals surface area contributed by atoms with E-state index in [9.17, 15) is 4.79 Å². The van der Waals surface area contributed by atoms with Crippen LogP contribution in [0.25, 0.3) is 10.8 Å². The molecule has 2 N–H and O–H groups in total. The molecule has 5 heteroatoms. The van der Waals surface area contributed by atoms with Crippen molar-refractivity contribution in [3.05, 3.63) is 41.2 Å². The van der Waals surface area contributed by atoms with E-state index in [1.54, 1.807) is 6.07 Å². The van der Waals surface area contributed by atoms with Gasteiger partial charge in [0, 0.05) is 18.5 Å². The van der Waals surface area contributed by atoms with Crippen molar-refractivity contribution in [2.45, 2.75) is 19.3 Å². The minimum absolute atomic E-state index is 0.0883. The molecule has 0 saturated heterocycles. The average molecular weight is 305 g/mol. The van der Waals surface area contributed by atoms with E-state index in [-0.39, 0.29) is 17.9 Å². The van der Waals surface area contributed by atoms with Gasteiger partial charge in [0.15, 0.2) is 0 Å². The van der Waals surface area contributed by atoms with Crippen LogP contribution in [0.15, 0.2) is 30.3 Å². The molecule has 1 amide bonds. The molecule has 1 aromatic heterocycles. The molecule has 1 fully saturated rings. The molecule has 1 aromatic carbocycles. The van der Waals surface area contributed by atoms with E-state index in [1.165, 1.54) is 0 Å². The largest absolute Gasteiger partial charge is 0.396 e. The molecule has 0 spiro atoms. The van der Waals surface area contributed by atoms with Crippen molar-refractivity contribution in [3.8, 4) is 0 Å². The molecule has 2 aromatic rings. The van der Waals surface area contributed by atoms with Gasteiger partial charge in [-0.2, -0.15) is 0 Å². The highest BCUT2D eigenvalue weighted by Crippen LogP contribution is 2.47.